The normalized spacial score (nSPS) is 20.3. The summed E-state index contributed by atoms with van der Waals surface area (Å²) < 4.78 is 0. The summed E-state index contributed by atoms with van der Waals surface area (Å²) in [5.41, 5.74) is 9.15. The number of nitrogens with one attached hydrogen (secondary N) is 1. The summed E-state index contributed by atoms with van der Waals surface area (Å²) in [5, 5.41) is 5.63. The summed E-state index contributed by atoms with van der Waals surface area (Å²) in [5.74, 6) is 1.16. The molecule has 9 heteroatoms. The quantitative estimate of drug-likeness (QED) is 0.583. The first-order valence-electron chi connectivity index (χ1n) is 11.9. The molecule has 178 valence electrons. The molecule has 1 atom stereocenters. The summed E-state index contributed by atoms with van der Waals surface area (Å²) in [6, 6.07) is 12.1. The zero-order chi connectivity index (χ0) is 23.9. The van der Waals surface area contributed by atoms with E-state index < -0.39 is 0 Å². The van der Waals surface area contributed by atoms with E-state index in [1.807, 2.05) is 12.1 Å². The molecule has 0 unspecified atom stereocenters. The number of nitrogens with zero attached hydrogens (tertiary/aromatic N) is 5. The van der Waals surface area contributed by atoms with E-state index in [0.717, 1.165) is 61.2 Å². The molecule has 1 aromatic carbocycles. The van der Waals surface area contributed by atoms with Gasteiger partial charge in [-0.3, -0.25) is 9.79 Å². The maximum atomic E-state index is 13.0. The largest absolute Gasteiger partial charge is 0.378 e. The lowest BCUT2D eigenvalue weighted by Gasteiger charge is -2.33. The Balaban J connectivity index is 1.22. The van der Waals surface area contributed by atoms with E-state index >= 15 is 0 Å². The zero-order valence-electron chi connectivity index (χ0n) is 19.6. The molecule has 3 aliphatic rings. The van der Waals surface area contributed by atoms with Crippen LogP contribution in [0.15, 0.2) is 59.4 Å². The monoisotopic (exact) mass is 485 g/mol. The van der Waals surface area contributed by atoms with Gasteiger partial charge in [0.2, 0.25) is 0 Å². The first-order chi connectivity index (χ1) is 17.0. The molecule has 1 aliphatic carbocycles. The number of fused-ring (bicyclic) bond motifs is 2. The Labute approximate surface area is 208 Å². The highest BCUT2D eigenvalue weighted by Gasteiger charge is 2.32. The Hall–Kier alpha value is -3.43. The third kappa shape index (κ3) is 4.37. The van der Waals surface area contributed by atoms with Crippen molar-refractivity contribution < 1.29 is 4.79 Å². The molecule has 2 fully saturated rings. The SMILES string of the molecule is CN1CCN(c2cc(C(=O)Nc3cc4cc(C5=C6CC[C@H]6N=C(N)S5)ccc4cn3)ccn2)CC1. The maximum Gasteiger partial charge on any atom is 0.257 e. The van der Waals surface area contributed by atoms with Crippen LogP contribution in [0, 0.1) is 0 Å². The summed E-state index contributed by atoms with van der Waals surface area (Å²) >= 11 is 1.55. The molecule has 8 nitrogen and oxygen atoms in total. The predicted molar refractivity (Wildman–Crippen MR) is 143 cm³/mol. The zero-order valence-corrected chi connectivity index (χ0v) is 20.4. The number of amidine groups is 1. The third-order valence-corrected chi connectivity index (χ3v) is 7.95. The maximum absolute atomic E-state index is 13.0. The van der Waals surface area contributed by atoms with Gasteiger partial charge in [-0.2, -0.15) is 0 Å². The van der Waals surface area contributed by atoms with E-state index in [1.165, 1.54) is 10.5 Å². The van der Waals surface area contributed by atoms with Gasteiger partial charge in [0, 0.05) is 54.4 Å². The number of nitrogens with two attached hydrogens (primary N) is 1. The van der Waals surface area contributed by atoms with Gasteiger partial charge in [0.05, 0.1) is 6.04 Å². The fourth-order valence-corrected chi connectivity index (χ4v) is 5.73. The molecule has 2 aromatic heterocycles. The molecular formula is C26H27N7OS. The van der Waals surface area contributed by atoms with E-state index in [4.69, 9.17) is 5.73 Å². The lowest BCUT2D eigenvalue weighted by molar-refractivity contribution is 0.102. The van der Waals surface area contributed by atoms with Crippen LogP contribution in [0.1, 0.15) is 28.8 Å². The van der Waals surface area contributed by atoms with Gasteiger partial charge in [0.15, 0.2) is 5.17 Å². The van der Waals surface area contributed by atoms with Gasteiger partial charge in [-0.05, 0) is 60.7 Å². The van der Waals surface area contributed by atoms with E-state index in [1.54, 1.807) is 30.2 Å². The van der Waals surface area contributed by atoms with Crippen LogP contribution in [0.4, 0.5) is 11.6 Å². The molecule has 1 saturated heterocycles. The number of hydrogen-bond donors (Lipinski definition) is 2. The molecular weight excluding hydrogens is 458 g/mol. The van der Waals surface area contributed by atoms with Crippen LogP contribution >= 0.6 is 11.8 Å². The van der Waals surface area contributed by atoms with E-state index in [0.29, 0.717) is 16.5 Å². The lowest BCUT2D eigenvalue weighted by atomic mass is 9.84. The highest BCUT2D eigenvalue weighted by Crippen LogP contribution is 2.45. The molecule has 6 rings (SSSR count). The smallest absolute Gasteiger partial charge is 0.257 e. The second-order valence-electron chi connectivity index (χ2n) is 9.26. The summed E-state index contributed by atoms with van der Waals surface area (Å²) in [6.45, 7) is 3.77. The lowest BCUT2D eigenvalue weighted by Crippen LogP contribution is -2.44. The van der Waals surface area contributed by atoms with Crippen molar-refractivity contribution in [2.24, 2.45) is 10.7 Å². The van der Waals surface area contributed by atoms with Crippen LogP contribution in [-0.4, -0.2) is 65.2 Å². The number of aliphatic imine (C=N–C) groups is 1. The van der Waals surface area contributed by atoms with E-state index in [2.05, 4.69) is 55.3 Å². The Morgan fingerprint density at radius 1 is 1.09 bits per heavy atom. The molecule has 0 radical (unpaired) electrons. The van der Waals surface area contributed by atoms with Crippen molar-refractivity contribution >= 4 is 50.2 Å². The number of hydrogen-bond acceptors (Lipinski definition) is 8. The standard InChI is InChI=1S/C26H27N7OS/c1-32-8-10-33(11-9-32)23-14-17(6-7-28-23)25(34)31-22-13-19-12-16(2-3-18(19)15-29-22)24-20-4-5-21(20)30-26(27)35-24/h2-3,6-7,12-15,21H,4-5,8-11H2,1H3,(H2,27,30)(H,29,31,34)/t21-/m1/s1. The Kier molecular flexibility index (Phi) is 5.66. The molecule has 0 bridgehead atoms. The summed E-state index contributed by atoms with van der Waals surface area (Å²) in [4.78, 5) is 32.2. The minimum absolute atomic E-state index is 0.195. The molecule has 35 heavy (non-hydrogen) atoms. The van der Waals surface area contributed by atoms with Crippen LogP contribution < -0.4 is 16.0 Å². The molecule has 4 heterocycles. The minimum Gasteiger partial charge on any atom is -0.378 e. The van der Waals surface area contributed by atoms with Gasteiger partial charge >= 0.3 is 0 Å². The van der Waals surface area contributed by atoms with Crippen molar-refractivity contribution in [3.8, 4) is 0 Å². The first-order valence-corrected chi connectivity index (χ1v) is 12.7. The number of likely N-dealkylation sites (N-methyl/N-ethyl adjacent to an activating group) is 1. The second-order valence-corrected chi connectivity index (χ2v) is 10.3. The summed E-state index contributed by atoms with van der Waals surface area (Å²) in [6.07, 6.45) is 5.63. The third-order valence-electron chi connectivity index (χ3n) is 6.93. The van der Waals surface area contributed by atoms with Crippen LogP contribution in [-0.2, 0) is 0 Å². The number of benzene rings is 1. The summed E-state index contributed by atoms with van der Waals surface area (Å²) in [7, 11) is 2.12. The molecule has 1 amide bonds. The van der Waals surface area contributed by atoms with Crippen molar-refractivity contribution in [3.63, 3.8) is 0 Å². The number of pyridine rings is 2. The Morgan fingerprint density at radius 3 is 2.74 bits per heavy atom. The number of piperazine rings is 1. The highest BCUT2D eigenvalue weighted by atomic mass is 32.2. The first kappa shape index (κ1) is 22.1. The fraction of sp³-hybridized carbons (Fsp3) is 0.308. The van der Waals surface area contributed by atoms with Gasteiger partial charge in [-0.15, -0.1) is 0 Å². The highest BCUT2D eigenvalue weighted by molar-refractivity contribution is 8.21. The molecule has 2 aliphatic heterocycles. The predicted octanol–water partition coefficient (Wildman–Crippen LogP) is 3.57. The van der Waals surface area contributed by atoms with Gasteiger partial charge in [0.25, 0.3) is 5.91 Å². The van der Waals surface area contributed by atoms with E-state index in [-0.39, 0.29) is 11.9 Å². The van der Waals surface area contributed by atoms with Gasteiger partial charge in [-0.25, -0.2) is 9.97 Å². The van der Waals surface area contributed by atoms with Crippen LogP contribution in [0.5, 0.6) is 0 Å². The minimum atomic E-state index is -0.195. The second kappa shape index (κ2) is 8.98. The number of anilines is 2. The molecule has 3 N–H and O–H groups in total. The van der Waals surface area contributed by atoms with Crippen LogP contribution in [0.25, 0.3) is 15.7 Å². The topological polar surface area (TPSA) is 99.7 Å². The van der Waals surface area contributed by atoms with Crippen molar-refractivity contribution in [2.75, 3.05) is 43.4 Å². The van der Waals surface area contributed by atoms with Crippen molar-refractivity contribution in [2.45, 2.75) is 18.9 Å². The number of carbonyl (C=O) groups is 1. The van der Waals surface area contributed by atoms with Crippen LogP contribution in [0.2, 0.25) is 0 Å². The number of aromatic nitrogens is 2. The average molecular weight is 486 g/mol. The van der Waals surface area contributed by atoms with Gasteiger partial charge < -0.3 is 20.9 Å². The van der Waals surface area contributed by atoms with E-state index in [9.17, 15) is 4.79 Å². The molecule has 0 spiro atoms. The molecule has 3 aromatic rings. The van der Waals surface area contributed by atoms with Crippen LogP contribution in [0.3, 0.4) is 0 Å². The Morgan fingerprint density at radius 2 is 1.94 bits per heavy atom. The number of thioether (sulfide) groups is 1. The van der Waals surface area contributed by atoms with Crippen molar-refractivity contribution in [1.29, 1.82) is 0 Å². The average Bonchev–Trinajstić information content (AvgIpc) is 2.86. The number of amides is 1. The number of carbonyl (C=O) groups excluding carboxylic acids is 1. The molecule has 1 saturated carbocycles. The number of rotatable bonds is 4. The van der Waals surface area contributed by atoms with Gasteiger partial charge in [0.1, 0.15) is 11.6 Å². The Bertz CT molecular complexity index is 1380. The van der Waals surface area contributed by atoms with Gasteiger partial charge in [-0.1, -0.05) is 23.9 Å². The van der Waals surface area contributed by atoms with Crippen molar-refractivity contribution in [3.05, 3.63) is 65.5 Å². The fourth-order valence-electron chi connectivity index (χ4n) is 4.73. The van der Waals surface area contributed by atoms with Crippen molar-refractivity contribution in [1.82, 2.24) is 14.9 Å².